The van der Waals surface area contributed by atoms with Crippen LogP contribution in [-0.4, -0.2) is 22.4 Å². The third kappa shape index (κ3) is 3.65. The van der Waals surface area contributed by atoms with Crippen molar-refractivity contribution in [2.45, 2.75) is 31.8 Å². The number of nitrogens with one attached hydrogen (secondary N) is 1. The number of halogens is 2. The van der Waals surface area contributed by atoms with Crippen LogP contribution >= 0.6 is 23.2 Å². The Labute approximate surface area is 156 Å². The van der Waals surface area contributed by atoms with Crippen LogP contribution in [0.5, 0.6) is 0 Å². The number of carbonyl (C=O) groups is 2. The molecule has 130 valence electrons. The van der Waals surface area contributed by atoms with Gasteiger partial charge in [-0.1, -0.05) is 59.6 Å². The summed E-state index contributed by atoms with van der Waals surface area (Å²) in [6.45, 7) is 1.81. The van der Waals surface area contributed by atoms with Crippen LogP contribution in [0.25, 0.3) is 0 Å². The van der Waals surface area contributed by atoms with Crippen LogP contribution < -0.4 is 5.32 Å². The average Bonchev–Trinajstić information content (AvgIpc) is 2.80. The minimum atomic E-state index is -0.930. The highest BCUT2D eigenvalue weighted by molar-refractivity contribution is 6.36. The van der Waals surface area contributed by atoms with Crippen molar-refractivity contribution < 1.29 is 9.59 Å². The highest BCUT2D eigenvalue weighted by Crippen LogP contribution is 2.30. The van der Waals surface area contributed by atoms with Crippen LogP contribution in [0.3, 0.4) is 0 Å². The van der Waals surface area contributed by atoms with E-state index in [1.807, 2.05) is 30.3 Å². The smallest absolute Gasteiger partial charge is 0.323 e. The summed E-state index contributed by atoms with van der Waals surface area (Å²) in [6, 6.07) is 14.6. The number of hydrogen-bond donors (Lipinski definition) is 1. The number of amides is 3. The highest BCUT2D eigenvalue weighted by Gasteiger charge is 2.47. The number of nitrogens with zero attached hydrogens (tertiary/aromatic N) is 1. The molecule has 1 aliphatic rings. The molecule has 1 aliphatic heterocycles. The van der Waals surface area contributed by atoms with Crippen molar-refractivity contribution >= 4 is 35.1 Å². The zero-order valence-corrected chi connectivity index (χ0v) is 15.3. The molecule has 0 spiro atoms. The second kappa shape index (κ2) is 7.06. The van der Waals surface area contributed by atoms with Gasteiger partial charge in [0.05, 0.1) is 6.54 Å². The molecular formula is C19H18Cl2N2O2. The van der Waals surface area contributed by atoms with E-state index in [1.165, 1.54) is 4.90 Å². The largest absolute Gasteiger partial charge is 0.325 e. The van der Waals surface area contributed by atoms with E-state index in [-0.39, 0.29) is 12.5 Å². The number of urea groups is 1. The summed E-state index contributed by atoms with van der Waals surface area (Å²) < 4.78 is 0. The van der Waals surface area contributed by atoms with E-state index in [1.54, 1.807) is 25.1 Å². The van der Waals surface area contributed by atoms with Gasteiger partial charge in [-0.2, -0.15) is 0 Å². The molecule has 1 atom stereocenters. The molecule has 1 N–H and O–H groups in total. The van der Waals surface area contributed by atoms with Crippen molar-refractivity contribution in [1.29, 1.82) is 0 Å². The van der Waals surface area contributed by atoms with E-state index in [2.05, 4.69) is 5.32 Å². The molecule has 0 bridgehead atoms. The standard InChI is InChI=1S/C19H18Cl2N2O2/c1-19(11-10-13-6-3-2-4-7-13)17(24)23(18(25)22-19)12-14-15(20)8-5-9-16(14)21/h2-9H,10-12H2,1H3,(H,22,25)/t19-/m0/s1. The van der Waals surface area contributed by atoms with Gasteiger partial charge in [0, 0.05) is 15.6 Å². The minimum Gasteiger partial charge on any atom is -0.323 e. The van der Waals surface area contributed by atoms with E-state index >= 15 is 0 Å². The normalized spacial score (nSPS) is 20.0. The van der Waals surface area contributed by atoms with Crippen LogP contribution in [0.15, 0.2) is 48.5 Å². The van der Waals surface area contributed by atoms with Gasteiger partial charge < -0.3 is 5.32 Å². The SMILES string of the molecule is C[C@@]1(CCc2ccccc2)NC(=O)N(Cc2c(Cl)cccc2Cl)C1=O. The van der Waals surface area contributed by atoms with Gasteiger partial charge in [0.25, 0.3) is 5.91 Å². The minimum absolute atomic E-state index is 0.0596. The fourth-order valence-electron chi connectivity index (χ4n) is 2.94. The van der Waals surface area contributed by atoms with Gasteiger partial charge >= 0.3 is 6.03 Å². The van der Waals surface area contributed by atoms with E-state index in [0.29, 0.717) is 28.5 Å². The van der Waals surface area contributed by atoms with Gasteiger partial charge in [0.2, 0.25) is 0 Å². The number of hydrogen-bond acceptors (Lipinski definition) is 2. The lowest BCUT2D eigenvalue weighted by Gasteiger charge is -2.22. The topological polar surface area (TPSA) is 49.4 Å². The van der Waals surface area contributed by atoms with E-state index in [4.69, 9.17) is 23.2 Å². The highest BCUT2D eigenvalue weighted by atomic mass is 35.5. The van der Waals surface area contributed by atoms with Gasteiger partial charge in [-0.05, 0) is 37.5 Å². The second-order valence-corrected chi connectivity index (χ2v) is 7.15. The molecule has 4 nitrogen and oxygen atoms in total. The Balaban J connectivity index is 1.75. The Morgan fingerprint density at radius 2 is 1.64 bits per heavy atom. The second-order valence-electron chi connectivity index (χ2n) is 6.34. The molecule has 3 amide bonds. The van der Waals surface area contributed by atoms with Gasteiger partial charge in [-0.25, -0.2) is 4.79 Å². The van der Waals surface area contributed by atoms with Crippen LogP contribution in [0.4, 0.5) is 4.79 Å². The summed E-state index contributed by atoms with van der Waals surface area (Å²) in [7, 11) is 0. The van der Waals surface area contributed by atoms with Crippen molar-refractivity contribution in [3.05, 3.63) is 69.7 Å². The maximum Gasteiger partial charge on any atom is 0.325 e. The molecule has 0 radical (unpaired) electrons. The van der Waals surface area contributed by atoms with Gasteiger partial charge in [0.1, 0.15) is 5.54 Å². The predicted molar refractivity (Wildman–Crippen MR) is 98.7 cm³/mol. The summed E-state index contributed by atoms with van der Waals surface area (Å²) in [5, 5.41) is 3.68. The quantitative estimate of drug-likeness (QED) is 0.784. The first-order chi connectivity index (χ1) is 11.9. The Morgan fingerprint density at radius 1 is 1.00 bits per heavy atom. The summed E-state index contributed by atoms with van der Waals surface area (Å²) in [6.07, 6.45) is 1.22. The Kier molecular flexibility index (Phi) is 5.02. The number of aryl methyl sites for hydroxylation is 1. The molecule has 3 rings (SSSR count). The summed E-state index contributed by atoms with van der Waals surface area (Å²) in [5.41, 5.74) is 0.765. The molecule has 1 fully saturated rings. The molecule has 1 heterocycles. The van der Waals surface area contributed by atoms with Crippen LogP contribution in [0.1, 0.15) is 24.5 Å². The fourth-order valence-corrected chi connectivity index (χ4v) is 3.46. The van der Waals surface area contributed by atoms with Crippen LogP contribution in [0.2, 0.25) is 10.0 Å². The lowest BCUT2D eigenvalue weighted by atomic mass is 9.93. The fraction of sp³-hybridized carbons (Fsp3) is 0.263. The molecular weight excluding hydrogens is 359 g/mol. The van der Waals surface area contributed by atoms with Crippen molar-refractivity contribution in [3.8, 4) is 0 Å². The van der Waals surface area contributed by atoms with Crippen molar-refractivity contribution in [1.82, 2.24) is 10.2 Å². The lowest BCUT2D eigenvalue weighted by Crippen LogP contribution is -2.44. The number of benzene rings is 2. The molecule has 0 aliphatic carbocycles. The Hall–Kier alpha value is -2.04. The molecule has 2 aromatic rings. The average molecular weight is 377 g/mol. The molecule has 0 aromatic heterocycles. The number of rotatable bonds is 5. The maximum absolute atomic E-state index is 12.8. The van der Waals surface area contributed by atoms with Gasteiger partial charge in [-0.15, -0.1) is 0 Å². The first-order valence-electron chi connectivity index (χ1n) is 8.02. The monoisotopic (exact) mass is 376 g/mol. The van der Waals surface area contributed by atoms with E-state index < -0.39 is 11.6 Å². The molecule has 2 aromatic carbocycles. The molecule has 0 saturated carbocycles. The first-order valence-corrected chi connectivity index (χ1v) is 8.77. The summed E-state index contributed by atoms with van der Waals surface area (Å²) in [5.74, 6) is -0.260. The van der Waals surface area contributed by atoms with Crippen LogP contribution in [-0.2, 0) is 17.8 Å². The Morgan fingerprint density at radius 3 is 2.28 bits per heavy atom. The summed E-state index contributed by atoms with van der Waals surface area (Å²) in [4.78, 5) is 26.4. The summed E-state index contributed by atoms with van der Waals surface area (Å²) >= 11 is 12.3. The number of imide groups is 1. The zero-order valence-electron chi connectivity index (χ0n) is 13.8. The van der Waals surface area contributed by atoms with Crippen molar-refractivity contribution in [2.75, 3.05) is 0 Å². The van der Waals surface area contributed by atoms with Gasteiger partial charge in [-0.3, -0.25) is 9.69 Å². The molecule has 1 saturated heterocycles. The Bertz CT molecular complexity index is 790. The number of carbonyl (C=O) groups excluding carboxylic acids is 2. The third-order valence-electron chi connectivity index (χ3n) is 4.48. The van der Waals surface area contributed by atoms with E-state index in [0.717, 1.165) is 5.56 Å². The predicted octanol–water partition coefficient (Wildman–Crippen LogP) is 4.44. The van der Waals surface area contributed by atoms with Crippen molar-refractivity contribution in [2.24, 2.45) is 0 Å². The van der Waals surface area contributed by atoms with Crippen LogP contribution in [0, 0.1) is 0 Å². The molecule has 25 heavy (non-hydrogen) atoms. The van der Waals surface area contributed by atoms with Gasteiger partial charge in [0.15, 0.2) is 0 Å². The molecule has 6 heteroatoms. The maximum atomic E-state index is 12.8. The zero-order chi connectivity index (χ0) is 18.0. The van der Waals surface area contributed by atoms with E-state index in [9.17, 15) is 9.59 Å². The third-order valence-corrected chi connectivity index (χ3v) is 5.19. The van der Waals surface area contributed by atoms with Crippen molar-refractivity contribution in [3.63, 3.8) is 0 Å². The lowest BCUT2D eigenvalue weighted by molar-refractivity contribution is -0.131. The first kappa shape index (κ1) is 17.8. The molecule has 0 unspecified atom stereocenters.